The number of hydrogen-bond acceptors (Lipinski definition) is 4. The first-order valence-corrected chi connectivity index (χ1v) is 5.63. The summed E-state index contributed by atoms with van der Waals surface area (Å²) >= 11 is 0. The number of anilines is 1. The topological polar surface area (TPSA) is 82.1 Å². The van der Waals surface area contributed by atoms with Crippen LogP contribution in [0, 0.1) is 6.92 Å². The van der Waals surface area contributed by atoms with Crippen molar-refractivity contribution in [3.05, 3.63) is 29.3 Å². The van der Waals surface area contributed by atoms with Crippen molar-refractivity contribution in [1.29, 1.82) is 0 Å². The van der Waals surface area contributed by atoms with Crippen LogP contribution in [0.5, 0.6) is 0 Å². The highest BCUT2D eigenvalue weighted by atomic mass is 16.4. The van der Waals surface area contributed by atoms with Gasteiger partial charge in [0.15, 0.2) is 5.84 Å². The number of aryl methyl sites for hydroxylation is 1. The lowest BCUT2D eigenvalue weighted by Gasteiger charge is -2.20. The molecule has 2 rings (SSSR count). The number of rotatable bonds is 2. The molecule has 1 aromatic rings. The van der Waals surface area contributed by atoms with Gasteiger partial charge in [-0.3, -0.25) is 0 Å². The van der Waals surface area contributed by atoms with Crippen LogP contribution < -0.4 is 10.6 Å². The lowest BCUT2D eigenvalue weighted by atomic mass is 10.1. The van der Waals surface area contributed by atoms with Crippen LogP contribution in [0.4, 0.5) is 5.69 Å². The summed E-state index contributed by atoms with van der Waals surface area (Å²) in [6.45, 7) is 3.52. The van der Waals surface area contributed by atoms with Gasteiger partial charge in [0, 0.05) is 24.3 Å². The number of aliphatic hydroxyl groups is 1. The van der Waals surface area contributed by atoms with Gasteiger partial charge in [-0.25, -0.2) is 0 Å². The Labute approximate surface area is 100 Å². The lowest BCUT2D eigenvalue weighted by molar-refractivity contribution is 0.198. The number of oxime groups is 1. The molecule has 0 saturated carbocycles. The maximum absolute atomic E-state index is 9.52. The Morgan fingerprint density at radius 2 is 2.29 bits per heavy atom. The zero-order valence-corrected chi connectivity index (χ0v) is 9.80. The second-order valence-corrected chi connectivity index (χ2v) is 4.38. The normalized spacial score (nSPS) is 20.9. The highest BCUT2D eigenvalue weighted by molar-refractivity contribution is 5.97. The quantitative estimate of drug-likeness (QED) is 0.304. The molecular formula is C12H17N3O2. The van der Waals surface area contributed by atoms with Crippen LogP contribution in [0.2, 0.25) is 0 Å². The largest absolute Gasteiger partial charge is 0.409 e. The molecule has 0 aliphatic carbocycles. The van der Waals surface area contributed by atoms with Crippen LogP contribution in [-0.4, -0.2) is 35.3 Å². The fourth-order valence-electron chi connectivity index (χ4n) is 2.19. The van der Waals surface area contributed by atoms with Crippen LogP contribution in [0.1, 0.15) is 17.5 Å². The Hall–Kier alpha value is -1.75. The molecule has 0 radical (unpaired) electrons. The molecule has 0 aromatic heterocycles. The summed E-state index contributed by atoms with van der Waals surface area (Å²) in [6.07, 6.45) is 0.569. The molecule has 5 nitrogen and oxygen atoms in total. The first-order valence-electron chi connectivity index (χ1n) is 5.63. The fraction of sp³-hybridized carbons (Fsp3) is 0.417. The minimum Gasteiger partial charge on any atom is -0.409 e. The van der Waals surface area contributed by atoms with Crippen LogP contribution in [0.15, 0.2) is 23.4 Å². The SMILES string of the molecule is Cc1cc(C(N)=NO)ccc1N1CCC(O)C1. The van der Waals surface area contributed by atoms with E-state index in [1.165, 1.54) is 0 Å². The molecule has 92 valence electrons. The van der Waals surface area contributed by atoms with E-state index in [0.717, 1.165) is 24.2 Å². The monoisotopic (exact) mass is 235 g/mol. The number of nitrogens with two attached hydrogens (primary N) is 1. The van der Waals surface area contributed by atoms with E-state index < -0.39 is 0 Å². The van der Waals surface area contributed by atoms with E-state index in [4.69, 9.17) is 10.9 Å². The van der Waals surface area contributed by atoms with Crippen molar-refractivity contribution >= 4 is 11.5 Å². The Morgan fingerprint density at radius 3 is 2.82 bits per heavy atom. The van der Waals surface area contributed by atoms with Crippen molar-refractivity contribution in [2.75, 3.05) is 18.0 Å². The van der Waals surface area contributed by atoms with E-state index in [2.05, 4.69) is 10.1 Å². The molecule has 1 unspecified atom stereocenters. The third kappa shape index (κ3) is 2.34. The molecule has 1 saturated heterocycles. The molecule has 0 amide bonds. The van der Waals surface area contributed by atoms with E-state index in [9.17, 15) is 5.11 Å². The van der Waals surface area contributed by atoms with Crippen molar-refractivity contribution < 1.29 is 10.3 Å². The first-order chi connectivity index (χ1) is 8.11. The van der Waals surface area contributed by atoms with Gasteiger partial charge in [0.25, 0.3) is 0 Å². The maximum atomic E-state index is 9.52. The van der Waals surface area contributed by atoms with E-state index in [-0.39, 0.29) is 11.9 Å². The van der Waals surface area contributed by atoms with E-state index in [1.54, 1.807) is 0 Å². The maximum Gasteiger partial charge on any atom is 0.170 e. The van der Waals surface area contributed by atoms with Gasteiger partial charge in [0.2, 0.25) is 0 Å². The van der Waals surface area contributed by atoms with Crippen LogP contribution in [-0.2, 0) is 0 Å². The molecule has 0 bridgehead atoms. The molecule has 1 fully saturated rings. The van der Waals surface area contributed by atoms with E-state index in [1.807, 2.05) is 25.1 Å². The third-order valence-corrected chi connectivity index (χ3v) is 3.10. The summed E-state index contributed by atoms with van der Waals surface area (Å²) in [5.41, 5.74) is 8.39. The van der Waals surface area contributed by atoms with Crippen molar-refractivity contribution in [2.45, 2.75) is 19.4 Å². The second kappa shape index (κ2) is 4.63. The number of nitrogens with zero attached hydrogens (tertiary/aromatic N) is 2. The predicted molar refractivity (Wildman–Crippen MR) is 66.5 cm³/mol. The standard InChI is InChI=1S/C12H17N3O2/c1-8-6-9(12(13)14-17)2-3-11(8)15-5-4-10(16)7-15/h2-3,6,10,16-17H,4-5,7H2,1H3,(H2,13,14). The molecule has 17 heavy (non-hydrogen) atoms. The van der Waals surface area contributed by atoms with Gasteiger partial charge in [0.1, 0.15) is 0 Å². The summed E-state index contributed by atoms with van der Waals surface area (Å²) in [4.78, 5) is 2.15. The molecule has 5 heteroatoms. The van der Waals surface area contributed by atoms with E-state index in [0.29, 0.717) is 12.1 Å². The first kappa shape index (κ1) is 11.7. The van der Waals surface area contributed by atoms with Gasteiger partial charge < -0.3 is 20.9 Å². The fourth-order valence-corrected chi connectivity index (χ4v) is 2.19. The third-order valence-electron chi connectivity index (χ3n) is 3.10. The van der Waals surface area contributed by atoms with Crippen molar-refractivity contribution in [3.63, 3.8) is 0 Å². The lowest BCUT2D eigenvalue weighted by Crippen LogP contribution is -2.22. The molecule has 0 spiro atoms. The number of hydrogen-bond donors (Lipinski definition) is 3. The molecule has 1 atom stereocenters. The van der Waals surface area contributed by atoms with Gasteiger partial charge in [-0.05, 0) is 37.1 Å². The Balaban J connectivity index is 2.26. The van der Waals surface area contributed by atoms with E-state index >= 15 is 0 Å². The summed E-state index contributed by atoms with van der Waals surface area (Å²) in [7, 11) is 0. The second-order valence-electron chi connectivity index (χ2n) is 4.38. The molecule has 4 N–H and O–H groups in total. The minimum absolute atomic E-state index is 0.112. The molecule has 1 aliphatic heterocycles. The Kier molecular flexibility index (Phi) is 3.19. The van der Waals surface area contributed by atoms with Gasteiger partial charge >= 0.3 is 0 Å². The van der Waals surface area contributed by atoms with Crippen LogP contribution in [0.3, 0.4) is 0 Å². The molecule has 1 heterocycles. The van der Waals surface area contributed by atoms with Crippen molar-refractivity contribution in [3.8, 4) is 0 Å². The Morgan fingerprint density at radius 1 is 1.53 bits per heavy atom. The van der Waals surface area contributed by atoms with Crippen LogP contribution in [0.25, 0.3) is 0 Å². The van der Waals surface area contributed by atoms with Crippen molar-refractivity contribution in [1.82, 2.24) is 0 Å². The highest BCUT2D eigenvalue weighted by Crippen LogP contribution is 2.25. The number of benzene rings is 1. The minimum atomic E-state index is -0.238. The average molecular weight is 235 g/mol. The smallest absolute Gasteiger partial charge is 0.170 e. The van der Waals surface area contributed by atoms with Gasteiger partial charge in [-0.1, -0.05) is 5.16 Å². The molecule has 1 aromatic carbocycles. The average Bonchev–Trinajstić information content (AvgIpc) is 2.74. The number of β-amino-alcohol motifs (C(OH)–C–C–N with tert-alkyl or cyclic N) is 1. The Bertz CT molecular complexity index is 445. The van der Waals surface area contributed by atoms with Gasteiger partial charge in [0.05, 0.1) is 6.10 Å². The van der Waals surface area contributed by atoms with Crippen LogP contribution >= 0.6 is 0 Å². The van der Waals surface area contributed by atoms with Gasteiger partial charge in [-0.2, -0.15) is 0 Å². The van der Waals surface area contributed by atoms with Crippen molar-refractivity contribution in [2.24, 2.45) is 10.9 Å². The summed E-state index contributed by atoms with van der Waals surface area (Å²) in [5.74, 6) is 0.112. The highest BCUT2D eigenvalue weighted by Gasteiger charge is 2.21. The molecular weight excluding hydrogens is 218 g/mol. The zero-order valence-electron chi connectivity index (χ0n) is 9.80. The molecule has 1 aliphatic rings. The summed E-state index contributed by atoms with van der Waals surface area (Å²) in [6, 6.07) is 5.65. The number of amidine groups is 1. The number of aliphatic hydroxyl groups excluding tert-OH is 1. The zero-order chi connectivity index (χ0) is 12.4. The summed E-state index contributed by atoms with van der Waals surface area (Å²) < 4.78 is 0. The predicted octanol–water partition coefficient (Wildman–Crippen LogP) is 0.661. The summed E-state index contributed by atoms with van der Waals surface area (Å²) in [5, 5.41) is 21.1. The van der Waals surface area contributed by atoms with Gasteiger partial charge in [-0.15, -0.1) is 0 Å².